The Kier molecular flexibility index (Phi) is 8.94. The van der Waals surface area contributed by atoms with E-state index in [1.807, 2.05) is 44.2 Å². The molecule has 35 heavy (non-hydrogen) atoms. The van der Waals surface area contributed by atoms with Crippen LogP contribution in [0.4, 0.5) is 8.78 Å². The van der Waals surface area contributed by atoms with E-state index in [4.69, 9.17) is 9.47 Å². The Labute approximate surface area is 208 Å². The number of rotatable bonds is 8. The molecule has 2 aliphatic rings. The van der Waals surface area contributed by atoms with E-state index in [0.29, 0.717) is 30.9 Å². The van der Waals surface area contributed by atoms with Crippen LogP contribution in [0.3, 0.4) is 0 Å². The van der Waals surface area contributed by atoms with Crippen LogP contribution in [-0.4, -0.2) is 24.8 Å². The first-order valence-corrected chi connectivity index (χ1v) is 13.3. The predicted molar refractivity (Wildman–Crippen MR) is 133 cm³/mol. The number of carbonyl (C=O) groups is 1. The van der Waals surface area contributed by atoms with Crippen molar-refractivity contribution in [2.75, 3.05) is 6.61 Å². The molecule has 0 aliphatic heterocycles. The molecule has 1 atom stereocenters. The molecule has 4 rings (SSSR count). The van der Waals surface area contributed by atoms with Gasteiger partial charge in [0.1, 0.15) is 17.7 Å². The van der Waals surface area contributed by atoms with Crippen LogP contribution in [0, 0.1) is 17.6 Å². The molecule has 0 N–H and O–H groups in total. The summed E-state index contributed by atoms with van der Waals surface area (Å²) >= 11 is 0. The molecule has 2 fully saturated rings. The first kappa shape index (κ1) is 25.8. The van der Waals surface area contributed by atoms with Gasteiger partial charge in [0.25, 0.3) is 0 Å². The van der Waals surface area contributed by atoms with Crippen LogP contribution in [0.25, 0.3) is 0 Å². The lowest BCUT2D eigenvalue weighted by atomic mass is 9.78. The maximum atomic E-state index is 15.0. The van der Waals surface area contributed by atoms with Crippen molar-refractivity contribution in [2.45, 2.75) is 95.7 Å². The van der Waals surface area contributed by atoms with E-state index in [0.717, 1.165) is 50.7 Å². The van der Waals surface area contributed by atoms with Gasteiger partial charge in [-0.1, -0.05) is 37.3 Å². The summed E-state index contributed by atoms with van der Waals surface area (Å²) in [6, 6.07) is 12.8. The van der Waals surface area contributed by atoms with E-state index in [1.165, 1.54) is 12.1 Å². The maximum absolute atomic E-state index is 15.0. The lowest BCUT2D eigenvalue weighted by Gasteiger charge is -2.31. The highest BCUT2D eigenvalue weighted by Crippen LogP contribution is 2.38. The average molecular weight is 485 g/mol. The van der Waals surface area contributed by atoms with Gasteiger partial charge in [-0.3, -0.25) is 4.79 Å². The molecule has 0 radical (unpaired) electrons. The van der Waals surface area contributed by atoms with Gasteiger partial charge in [-0.2, -0.15) is 0 Å². The second-order valence-corrected chi connectivity index (χ2v) is 10.3. The van der Waals surface area contributed by atoms with E-state index in [1.54, 1.807) is 0 Å². The van der Waals surface area contributed by atoms with Crippen molar-refractivity contribution >= 4 is 5.97 Å². The van der Waals surface area contributed by atoms with Crippen molar-refractivity contribution in [3.8, 4) is 0 Å². The second kappa shape index (κ2) is 12.1. The minimum absolute atomic E-state index is 0.00839. The number of carbonyl (C=O) groups excluding carboxylic acids is 1. The number of halogens is 2. The molecule has 0 aromatic heterocycles. The number of esters is 1. The lowest BCUT2D eigenvalue weighted by Crippen LogP contribution is -2.31. The number of ether oxygens (including phenoxy) is 2. The van der Waals surface area contributed by atoms with Crippen molar-refractivity contribution < 1.29 is 23.0 Å². The molecule has 2 aliphatic carbocycles. The molecule has 0 amide bonds. The summed E-state index contributed by atoms with van der Waals surface area (Å²) in [5, 5.41) is 0. The van der Waals surface area contributed by atoms with Gasteiger partial charge in [-0.25, -0.2) is 8.78 Å². The van der Waals surface area contributed by atoms with Gasteiger partial charge < -0.3 is 9.47 Å². The molecule has 5 heteroatoms. The minimum Gasteiger partial charge on any atom is -0.462 e. The Balaban J connectivity index is 1.29. The molecule has 0 heterocycles. The van der Waals surface area contributed by atoms with Crippen LogP contribution in [-0.2, 0) is 20.7 Å². The third-order valence-electron chi connectivity index (χ3n) is 7.88. The third kappa shape index (κ3) is 6.69. The quantitative estimate of drug-likeness (QED) is 0.365. The standard InChI is InChI=1S/C30H38F2O3/c1-3-34-25-13-15-26(16-14-25)35-30(33)23-11-9-22(10-12-23)24-18-28(31)27(29(32)19-24)17-20(2)21-7-5-4-6-8-21/h4-8,18-20,22-23,25-26H,3,9-17H2,1-2H3/t20-,22?,23?,25?,26?/m0/s1. The Morgan fingerprint density at radius 1 is 0.914 bits per heavy atom. The predicted octanol–water partition coefficient (Wildman–Crippen LogP) is 7.48. The number of benzene rings is 2. The molecule has 2 aromatic rings. The fourth-order valence-electron chi connectivity index (χ4n) is 5.73. The SMILES string of the molecule is CCOC1CCC(OC(=O)C2CCC(c3cc(F)c(C[C@H](C)c4ccccc4)c(F)c3)CC2)CC1. The zero-order valence-electron chi connectivity index (χ0n) is 21.0. The summed E-state index contributed by atoms with van der Waals surface area (Å²) in [7, 11) is 0. The topological polar surface area (TPSA) is 35.5 Å². The minimum atomic E-state index is -0.466. The molecule has 3 nitrogen and oxygen atoms in total. The largest absolute Gasteiger partial charge is 0.462 e. The van der Waals surface area contributed by atoms with Crippen molar-refractivity contribution in [3.63, 3.8) is 0 Å². The third-order valence-corrected chi connectivity index (χ3v) is 7.88. The van der Waals surface area contributed by atoms with E-state index in [-0.39, 0.29) is 35.4 Å². The highest BCUT2D eigenvalue weighted by Gasteiger charge is 2.32. The van der Waals surface area contributed by atoms with Crippen LogP contribution < -0.4 is 0 Å². The van der Waals surface area contributed by atoms with Gasteiger partial charge >= 0.3 is 5.97 Å². The smallest absolute Gasteiger partial charge is 0.309 e. The molecule has 190 valence electrons. The molecule has 0 bridgehead atoms. The van der Waals surface area contributed by atoms with Crippen LogP contribution in [0.1, 0.15) is 93.7 Å². The monoisotopic (exact) mass is 484 g/mol. The van der Waals surface area contributed by atoms with Crippen LogP contribution in [0.5, 0.6) is 0 Å². The zero-order valence-corrected chi connectivity index (χ0v) is 21.0. The Bertz CT molecular complexity index is 938. The maximum Gasteiger partial charge on any atom is 0.309 e. The molecule has 0 saturated heterocycles. The zero-order chi connectivity index (χ0) is 24.8. The summed E-state index contributed by atoms with van der Waals surface area (Å²) in [4.78, 5) is 12.7. The van der Waals surface area contributed by atoms with Crippen molar-refractivity contribution in [1.29, 1.82) is 0 Å². The van der Waals surface area contributed by atoms with E-state index in [2.05, 4.69) is 0 Å². The normalized spacial score (nSPS) is 25.7. The Hall–Kier alpha value is -2.27. The summed E-state index contributed by atoms with van der Waals surface area (Å²) in [5.74, 6) is -1.05. The van der Waals surface area contributed by atoms with Gasteiger partial charge in [-0.05, 0) is 99.8 Å². The van der Waals surface area contributed by atoms with Crippen molar-refractivity contribution in [2.24, 2.45) is 5.92 Å². The summed E-state index contributed by atoms with van der Waals surface area (Å²) in [5.41, 5.74) is 1.93. The van der Waals surface area contributed by atoms with E-state index < -0.39 is 11.6 Å². The van der Waals surface area contributed by atoms with Gasteiger partial charge in [0.15, 0.2) is 0 Å². The molecular formula is C30H38F2O3. The van der Waals surface area contributed by atoms with E-state index >= 15 is 0 Å². The molecule has 2 saturated carbocycles. The Morgan fingerprint density at radius 2 is 1.51 bits per heavy atom. The van der Waals surface area contributed by atoms with Crippen molar-refractivity contribution in [3.05, 3.63) is 70.8 Å². The second-order valence-electron chi connectivity index (χ2n) is 10.3. The molecule has 0 spiro atoms. The van der Waals surface area contributed by atoms with E-state index in [9.17, 15) is 13.6 Å². The van der Waals surface area contributed by atoms with Gasteiger partial charge in [0.05, 0.1) is 12.0 Å². The van der Waals surface area contributed by atoms with Crippen LogP contribution >= 0.6 is 0 Å². The van der Waals surface area contributed by atoms with Crippen LogP contribution in [0.2, 0.25) is 0 Å². The fourth-order valence-corrected chi connectivity index (χ4v) is 5.73. The number of hydrogen-bond acceptors (Lipinski definition) is 3. The Morgan fingerprint density at radius 3 is 2.11 bits per heavy atom. The van der Waals surface area contributed by atoms with Gasteiger partial charge in [0.2, 0.25) is 0 Å². The molecule has 2 aromatic carbocycles. The molecule has 0 unspecified atom stereocenters. The van der Waals surface area contributed by atoms with Gasteiger partial charge in [-0.15, -0.1) is 0 Å². The fraction of sp³-hybridized carbons (Fsp3) is 0.567. The van der Waals surface area contributed by atoms with Gasteiger partial charge in [0, 0.05) is 12.2 Å². The summed E-state index contributed by atoms with van der Waals surface area (Å²) < 4.78 is 41.4. The molecular weight excluding hydrogens is 446 g/mol. The highest BCUT2D eigenvalue weighted by molar-refractivity contribution is 5.72. The van der Waals surface area contributed by atoms with Crippen molar-refractivity contribution in [1.82, 2.24) is 0 Å². The lowest BCUT2D eigenvalue weighted by molar-refractivity contribution is -0.158. The summed E-state index contributed by atoms with van der Waals surface area (Å²) in [6.45, 7) is 4.72. The highest BCUT2D eigenvalue weighted by atomic mass is 19.1. The average Bonchev–Trinajstić information content (AvgIpc) is 2.88. The number of hydrogen-bond donors (Lipinski definition) is 0. The van der Waals surface area contributed by atoms with Crippen LogP contribution in [0.15, 0.2) is 42.5 Å². The summed E-state index contributed by atoms with van der Waals surface area (Å²) in [6.07, 6.45) is 7.11. The first-order chi connectivity index (χ1) is 16.9. The first-order valence-electron chi connectivity index (χ1n) is 13.3.